The Balaban J connectivity index is 2.12. The van der Waals surface area contributed by atoms with E-state index in [4.69, 9.17) is 15.1 Å². The fourth-order valence-electron chi connectivity index (χ4n) is 1.68. The van der Waals surface area contributed by atoms with E-state index < -0.39 is 47.4 Å². The summed E-state index contributed by atoms with van der Waals surface area (Å²) < 4.78 is 49.5. The van der Waals surface area contributed by atoms with E-state index in [1.807, 2.05) is 0 Å². The van der Waals surface area contributed by atoms with E-state index in [0.717, 1.165) is 0 Å². The van der Waals surface area contributed by atoms with Crippen LogP contribution >= 0.6 is 0 Å². The maximum Gasteiger partial charge on any atom is 0.335 e. The second-order valence-electron chi connectivity index (χ2n) is 4.00. The van der Waals surface area contributed by atoms with Crippen LogP contribution in [-0.4, -0.2) is 21.2 Å². The zero-order chi connectivity index (χ0) is 18.3. The molecule has 6 heteroatoms. The van der Waals surface area contributed by atoms with Gasteiger partial charge >= 0.3 is 5.97 Å². The van der Waals surface area contributed by atoms with Crippen molar-refractivity contribution in [2.24, 2.45) is 0 Å². The average molecular weight is 288 g/mol. The first-order chi connectivity index (χ1) is 11.8. The van der Waals surface area contributed by atoms with Crippen LogP contribution in [0, 0.1) is 5.82 Å². The smallest absolute Gasteiger partial charge is 0.335 e. The summed E-state index contributed by atoms with van der Waals surface area (Å²) in [6.45, 7) is 0. The van der Waals surface area contributed by atoms with E-state index in [1.165, 1.54) is 24.3 Å². The lowest BCUT2D eigenvalue weighted by atomic mass is 10.1. The number of nitrogens with zero attached hydrogens (tertiary/aromatic N) is 2. The second-order valence-corrected chi connectivity index (χ2v) is 4.00. The number of hydrogen-bond acceptors (Lipinski definition) is 4. The normalized spacial score (nSPS) is 13.2. The minimum absolute atomic E-state index is 0.00309. The summed E-state index contributed by atoms with van der Waals surface area (Å²) in [5, 5.41) is 12.6. The molecular formula is C15H9FN2O3. The summed E-state index contributed by atoms with van der Waals surface area (Å²) in [7, 11) is 0. The number of halogens is 1. The Kier molecular flexibility index (Phi) is 2.22. The van der Waals surface area contributed by atoms with Gasteiger partial charge in [-0.05, 0) is 24.2 Å². The molecule has 0 unspecified atom stereocenters. The van der Waals surface area contributed by atoms with Gasteiger partial charge in [-0.1, -0.05) is 29.4 Å². The number of benzene rings is 2. The molecule has 1 heterocycles. The molecule has 3 aromatic rings. The highest BCUT2D eigenvalue weighted by Gasteiger charge is 2.14. The zero-order valence-corrected chi connectivity index (χ0v) is 10.3. The van der Waals surface area contributed by atoms with Gasteiger partial charge in [-0.25, -0.2) is 9.18 Å². The number of rotatable bonds is 3. The molecule has 1 N–H and O–H groups in total. The number of carboxylic acid groups (broad SMARTS) is 1. The molecule has 21 heavy (non-hydrogen) atoms. The Labute approximate surface area is 124 Å². The fraction of sp³-hybridized carbons (Fsp3) is 0. The van der Waals surface area contributed by atoms with Crippen LogP contribution in [0.25, 0.3) is 22.8 Å². The average Bonchev–Trinajstić information content (AvgIpc) is 3.08. The summed E-state index contributed by atoms with van der Waals surface area (Å²) in [5.41, 5.74) is -0.244. The molecule has 2 aromatic carbocycles. The molecule has 0 saturated carbocycles. The quantitative estimate of drug-likeness (QED) is 0.800. The predicted molar refractivity (Wildman–Crippen MR) is 72.1 cm³/mol. The van der Waals surface area contributed by atoms with E-state index >= 15 is 0 Å². The number of carbonyl (C=O) groups is 1. The lowest BCUT2D eigenvalue weighted by molar-refractivity contribution is 0.0697. The monoisotopic (exact) mass is 288 g/mol. The van der Waals surface area contributed by atoms with Crippen LogP contribution in [0.2, 0.25) is 0 Å². The molecule has 0 saturated heterocycles. The highest BCUT2D eigenvalue weighted by Crippen LogP contribution is 2.24. The third kappa shape index (κ3) is 2.51. The Bertz CT molecular complexity index is 977. The lowest BCUT2D eigenvalue weighted by Gasteiger charge is -1.97. The molecule has 5 nitrogen and oxygen atoms in total. The molecule has 0 amide bonds. The van der Waals surface area contributed by atoms with Crippen LogP contribution in [0.3, 0.4) is 0 Å². The minimum Gasteiger partial charge on any atom is -0.478 e. The van der Waals surface area contributed by atoms with Gasteiger partial charge in [0.25, 0.3) is 5.89 Å². The van der Waals surface area contributed by atoms with Gasteiger partial charge < -0.3 is 9.63 Å². The number of aromatic nitrogens is 2. The molecule has 3 rings (SSSR count). The third-order valence-corrected chi connectivity index (χ3v) is 2.65. The summed E-state index contributed by atoms with van der Waals surface area (Å²) in [6, 6.07) is 2.85. The molecule has 0 atom stereocenters. The van der Waals surface area contributed by atoms with Crippen molar-refractivity contribution in [3.8, 4) is 22.8 Å². The van der Waals surface area contributed by atoms with Crippen molar-refractivity contribution in [1.82, 2.24) is 10.1 Å². The lowest BCUT2D eigenvalue weighted by Crippen LogP contribution is -1.96. The summed E-state index contributed by atoms with van der Waals surface area (Å²) in [4.78, 5) is 14.9. The van der Waals surface area contributed by atoms with Crippen molar-refractivity contribution in [2.45, 2.75) is 0 Å². The third-order valence-electron chi connectivity index (χ3n) is 2.65. The molecule has 0 aliphatic heterocycles. The molecule has 0 aliphatic rings. The Morgan fingerprint density at radius 3 is 2.95 bits per heavy atom. The first kappa shape index (κ1) is 9.02. The summed E-state index contributed by atoms with van der Waals surface area (Å²) in [6.07, 6.45) is 0. The van der Waals surface area contributed by atoms with Gasteiger partial charge in [-0.3, -0.25) is 0 Å². The molecule has 0 radical (unpaired) electrons. The molecular weight excluding hydrogens is 275 g/mol. The summed E-state index contributed by atoms with van der Waals surface area (Å²) >= 11 is 0. The second kappa shape index (κ2) is 5.16. The first-order valence-corrected chi connectivity index (χ1v) is 5.75. The molecule has 0 fully saturated rings. The number of carboxylic acids is 1. The van der Waals surface area contributed by atoms with Crippen LogP contribution in [0.1, 0.15) is 15.8 Å². The van der Waals surface area contributed by atoms with Crippen molar-refractivity contribution in [1.29, 1.82) is 0 Å². The van der Waals surface area contributed by atoms with Crippen molar-refractivity contribution >= 4 is 5.97 Å². The Morgan fingerprint density at radius 2 is 2.14 bits per heavy atom. The van der Waals surface area contributed by atoms with Gasteiger partial charge in [-0.2, -0.15) is 4.98 Å². The van der Waals surface area contributed by atoms with Crippen LogP contribution in [0.5, 0.6) is 0 Å². The van der Waals surface area contributed by atoms with Crippen molar-refractivity contribution < 1.29 is 24.3 Å². The van der Waals surface area contributed by atoms with Crippen LogP contribution < -0.4 is 0 Å². The van der Waals surface area contributed by atoms with Gasteiger partial charge in [0.05, 0.1) is 16.6 Å². The van der Waals surface area contributed by atoms with Gasteiger partial charge in [0.15, 0.2) is 0 Å². The fourth-order valence-corrected chi connectivity index (χ4v) is 1.68. The van der Waals surface area contributed by atoms with Gasteiger partial charge in [0, 0.05) is 5.56 Å². The van der Waals surface area contributed by atoms with E-state index in [-0.39, 0.29) is 11.4 Å². The molecule has 104 valence electrons. The Hall–Kier alpha value is -3.02. The SMILES string of the molecule is [2H]c1c([2H])c([2H])c(-c2nc(-c3cccc(C(=O)O)c3)no2)c(F)c1[2H]. The van der Waals surface area contributed by atoms with Gasteiger partial charge in [-0.15, -0.1) is 0 Å². The van der Waals surface area contributed by atoms with Crippen LogP contribution in [0.15, 0.2) is 53.0 Å². The predicted octanol–water partition coefficient (Wildman–Crippen LogP) is 3.24. The largest absolute Gasteiger partial charge is 0.478 e. The van der Waals surface area contributed by atoms with E-state index in [1.54, 1.807) is 0 Å². The molecule has 1 aromatic heterocycles. The molecule has 0 bridgehead atoms. The van der Waals surface area contributed by atoms with Crippen molar-refractivity contribution in [3.63, 3.8) is 0 Å². The van der Waals surface area contributed by atoms with Gasteiger partial charge in [0.2, 0.25) is 5.82 Å². The van der Waals surface area contributed by atoms with Crippen LogP contribution in [0.4, 0.5) is 4.39 Å². The summed E-state index contributed by atoms with van der Waals surface area (Å²) in [5.74, 6) is -2.82. The minimum atomic E-state index is -1.21. The van der Waals surface area contributed by atoms with Crippen molar-refractivity contribution in [3.05, 3.63) is 59.8 Å². The van der Waals surface area contributed by atoms with Crippen molar-refractivity contribution in [2.75, 3.05) is 0 Å². The van der Waals surface area contributed by atoms with E-state index in [9.17, 15) is 9.18 Å². The van der Waals surface area contributed by atoms with Crippen LogP contribution in [-0.2, 0) is 0 Å². The number of hydrogen-bond donors (Lipinski definition) is 1. The maximum atomic E-state index is 14.3. The standard InChI is InChI=1S/C15H9FN2O3/c16-12-7-2-1-6-11(12)14-17-13(18-21-14)9-4-3-5-10(8-9)15(19)20/h1-8H,(H,19,20)/i1D,2D,6D,7D. The highest BCUT2D eigenvalue weighted by molar-refractivity contribution is 5.89. The zero-order valence-electron chi connectivity index (χ0n) is 14.3. The maximum absolute atomic E-state index is 14.3. The first-order valence-electron chi connectivity index (χ1n) is 7.75. The van der Waals surface area contributed by atoms with Gasteiger partial charge in [0.1, 0.15) is 5.82 Å². The highest BCUT2D eigenvalue weighted by atomic mass is 19.1. The van der Waals surface area contributed by atoms with E-state index in [2.05, 4.69) is 10.1 Å². The molecule has 0 spiro atoms. The van der Waals surface area contributed by atoms with E-state index in [0.29, 0.717) is 5.56 Å². The topological polar surface area (TPSA) is 76.2 Å². The molecule has 0 aliphatic carbocycles. The number of aromatic carboxylic acids is 1. The Morgan fingerprint density at radius 1 is 1.33 bits per heavy atom.